The van der Waals surface area contributed by atoms with Crippen molar-refractivity contribution in [2.24, 2.45) is 0 Å². The molecule has 0 fully saturated rings. The first-order chi connectivity index (χ1) is 11.5. The zero-order valence-corrected chi connectivity index (χ0v) is 16.3. The van der Waals surface area contributed by atoms with E-state index in [1.807, 2.05) is 0 Å². The molecule has 0 bridgehead atoms. The number of carboxylic acid groups (broad SMARTS) is 1. The molecular weight excluding hydrogens is 461 g/mol. The van der Waals surface area contributed by atoms with Gasteiger partial charge in [-0.05, 0) is 18.2 Å². The number of phenols is 1. The fourth-order valence-electron chi connectivity index (χ4n) is 1.67. The number of halogens is 1. The van der Waals surface area contributed by atoms with Gasteiger partial charge < -0.3 is 5.11 Å². The first kappa shape index (κ1) is 21.0. The van der Waals surface area contributed by atoms with Crippen LogP contribution in [0, 0.1) is 0 Å². The zero-order valence-electron chi connectivity index (χ0n) is 12.9. The summed E-state index contributed by atoms with van der Waals surface area (Å²) in [4.78, 5) is 21.0. The fourth-order valence-corrected chi connectivity index (χ4v) is 3.40. The molecule has 5 N–H and O–H groups in total. The molecule has 0 saturated carbocycles. The Balaban J connectivity index is 0.000000271. The number of carbonyl (C=O) groups is 2. The number of aromatic hydroxyl groups is 1. The Labute approximate surface area is 154 Å². The van der Waals surface area contributed by atoms with Crippen LogP contribution >= 0.6 is 15.9 Å². The van der Waals surface area contributed by atoms with Crippen LogP contribution in [0.2, 0.25) is 0 Å². The third-order valence-corrected chi connectivity index (χ3v) is 5.28. The Kier molecular flexibility index (Phi) is 7.44. The van der Waals surface area contributed by atoms with Gasteiger partial charge in [0.2, 0.25) is 0 Å². The maximum atomic E-state index is 10.9. The minimum absolute atomic E-state index is 0.285. The van der Waals surface area contributed by atoms with Gasteiger partial charge in [-0.3, -0.25) is 0 Å². The predicted octanol–water partition coefficient (Wildman–Crippen LogP) is 1.06. The maximum absolute atomic E-state index is 10.9. The summed E-state index contributed by atoms with van der Waals surface area (Å²) in [6.45, 7) is 1.29. The van der Waals surface area contributed by atoms with E-state index in [2.05, 4.69) is 21.2 Å². The van der Waals surface area contributed by atoms with Gasteiger partial charge in [-0.2, -0.15) is 0 Å². The van der Waals surface area contributed by atoms with Crippen molar-refractivity contribution < 1.29 is 31.7 Å². The molecule has 0 saturated heterocycles. The molecule has 0 aliphatic carbocycles. The van der Waals surface area contributed by atoms with E-state index >= 15 is 0 Å². The number of anilines is 1. The molecule has 2 aromatic rings. The number of hydrogen-bond acceptors (Lipinski definition) is 4. The quantitative estimate of drug-likeness (QED) is 0.417. The number of nitrogens with one attached hydrogen (secondary N) is 1. The van der Waals surface area contributed by atoms with Crippen LogP contribution in [0.15, 0.2) is 46.9 Å². The van der Waals surface area contributed by atoms with E-state index in [0.29, 0.717) is 5.56 Å². The van der Waals surface area contributed by atoms with Crippen LogP contribution in [0.4, 0.5) is 5.69 Å². The normalized spacial score (nSPS) is 10.4. The van der Waals surface area contributed by atoms with E-state index in [4.69, 9.17) is 13.3 Å². The number of phenolic OH excluding ortho intramolecular Hbond substituents is 1. The number of hydrogen-bond donors (Lipinski definition) is 5. The molecule has 0 atom stereocenters. The molecule has 0 aliphatic heterocycles. The second kappa shape index (κ2) is 8.87. The third-order valence-electron chi connectivity index (χ3n) is 2.68. The summed E-state index contributed by atoms with van der Waals surface area (Å²) in [6.07, 6.45) is 0. The first-order valence-electron chi connectivity index (χ1n) is 6.66. The van der Waals surface area contributed by atoms with Crippen molar-refractivity contribution in [1.82, 2.24) is 0 Å². The number of aromatic carboxylic acids is 1. The van der Waals surface area contributed by atoms with Gasteiger partial charge in [0, 0.05) is 4.47 Å². The monoisotopic (exact) mass is 475 g/mol. The van der Waals surface area contributed by atoms with E-state index in [-0.39, 0.29) is 11.6 Å². The van der Waals surface area contributed by atoms with Gasteiger partial charge in [-0.15, -0.1) is 0 Å². The van der Waals surface area contributed by atoms with Crippen molar-refractivity contribution in [3.05, 3.63) is 52.5 Å². The first-order valence-corrected chi connectivity index (χ1v) is 10.8. The second-order valence-electron chi connectivity index (χ2n) is 4.74. The standard InChI is InChI=1S/C8H10AsNO5.C7H5BrO2/c1-5(11)10-6-2-3-7(8(12)4-6)9(13,14)15;8-6-3-1-2-5(4-6)7(9)10/h2-4,12H,1H3,(H,10,11)(H2,13,14,15);1-4H,(H,9,10). The smallest absolute Gasteiger partial charge is 0.335 e. The maximum Gasteiger partial charge on any atom is 0.335 e. The summed E-state index contributed by atoms with van der Waals surface area (Å²) in [5.74, 6) is -1.75. The van der Waals surface area contributed by atoms with Gasteiger partial charge in [0.15, 0.2) is 0 Å². The number of carboxylic acids is 1. The van der Waals surface area contributed by atoms with Crippen molar-refractivity contribution >= 4 is 52.0 Å². The summed E-state index contributed by atoms with van der Waals surface area (Å²) < 4.78 is 29.0. The Morgan fingerprint density at radius 1 is 1.12 bits per heavy atom. The Morgan fingerprint density at radius 2 is 1.76 bits per heavy atom. The molecule has 134 valence electrons. The van der Waals surface area contributed by atoms with Crippen LogP contribution in [-0.4, -0.2) is 44.5 Å². The van der Waals surface area contributed by atoms with Crippen molar-refractivity contribution in [2.45, 2.75) is 6.92 Å². The summed E-state index contributed by atoms with van der Waals surface area (Å²) in [7, 11) is 0. The van der Waals surface area contributed by atoms with E-state index in [1.165, 1.54) is 13.0 Å². The molecule has 25 heavy (non-hydrogen) atoms. The van der Waals surface area contributed by atoms with Crippen LogP contribution in [0.25, 0.3) is 0 Å². The number of benzene rings is 2. The Morgan fingerprint density at radius 3 is 2.16 bits per heavy atom. The molecule has 1 amide bonds. The van der Waals surface area contributed by atoms with Gasteiger partial charge in [0.25, 0.3) is 0 Å². The molecule has 2 aromatic carbocycles. The van der Waals surface area contributed by atoms with Crippen LogP contribution in [0.5, 0.6) is 5.75 Å². The fraction of sp³-hybridized carbons (Fsp3) is 0.0667. The molecular formula is C15H15AsBrNO7. The zero-order chi connectivity index (χ0) is 19.2. The minimum Gasteiger partial charge on any atom is -0.478 e. The van der Waals surface area contributed by atoms with Gasteiger partial charge >= 0.3 is 94.1 Å². The predicted molar refractivity (Wildman–Crippen MR) is 94.0 cm³/mol. The molecule has 0 unspecified atom stereocenters. The van der Waals surface area contributed by atoms with E-state index in [1.54, 1.807) is 24.3 Å². The van der Waals surface area contributed by atoms with Crippen LogP contribution in [0.1, 0.15) is 17.3 Å². The average Bonchev–Trinajstić information content (AvgIpc) is 2.45. The Bertz CT molecular complexity index is 834. The summed E-state index contributed by atoms with van der Waals surface area (Å²) in [5.41, 5.74) is 0.585. The van der Waals surface area contributed by atoms with Crippen LogP contribution in [-0.2, 0) is 8.53 Å². The SMILES string of the molecule is CC(=O)Nc1ccc([As](=O)(O)O)c(O)c1.O=C(O)c1cccc(Br)c1. The molecule has 0 radical (unpaired) electrons. The summed E-state index contributed by atoms with van der Waals surface area (Å²) >= 11 is -1.92. The number of amides is 1. The molecule has 0 aromatic heterocycles. The average molecular weight is 476 g/mol. The molecule has 2 rings (SSSR count). The summed E-state index contributed by atoms with van der Waals surface area (Å²) in [5, 5.41) is 20.2. The van der Waals surface area contributed by atoms with Gasteiger partial charge in [-0.25, -0.2) is 4.79 Å². The van der Waals surface area contributed by atoms with Crippen molar-refractivity contribution in [2.75, 3.05) is 5.32 Å². The second-order valence-corrected chi connectivity index (χ2v) is 8.95. The van der Waals surface area contributed by atoms with E-state index in [9.17, 15) is 18.4 Å². The van der Waals surface area contributed by atoms with E-state index < -0.39 is 30.2 Å². The van der Waals surface area contributed by atoms with Crippen molar-refractivity contribution in [1.29, 1.82) is 0 Å². The van der Waals surface area contributed by atoms with E-state index in [0.717, 1.165) is 16.6 Å². The molecule has 8 nitrogen and oxygen atoms in total. The summed E-state index contributed by atoms with van der Waals surface area (Å²) in [6, 6.07) is 10.1. The Hall–Kier alpha value is -2.06. The van der Waals surface area contributed by atoms with Crippen molar-refractivity contribution in [3.8, 4) is 5.75 Å². The molecule has 0 spiro atoms. The molecule has 0 aliphatic rings. The van der Waals surface area contributed by atoms with Crippen LogP contribution < -0.4 is 9.67 Å². The van der Waals surface area contributed by atoms with Crippen molar-refractivity contribution in [3.63, 3.8) is 0 Å². The largest absolute Gasteiger partial charge is 0.478 e. The van der Waals surface area contributed by atoms with Gasteiger partial charge in [0.1, 0.15) is 0 Å². The molecule has 10 heteroatoms. The van der Waals surface area contributed by atoms with Gasteiger partial charge in [0.05, 0.1) is 5.56 Å². The van der Waals surface area contributed by atoms with Gasteiger partial charge in [-0.1, -0.05) is 22.0 Å². The number of rotatable bonds is 3. The third kappa shape index (κ3) is 7.14. The topological polar surface area (TPSA) is 144 Å². The number of carbonyl (C=O) groups excluding carboxylic acids is 1. The van der Waals surface area contributed by atoms with Crippen LogP contribution in [0.3, 0.4) is 0 Å². The molecule has 0 heterocycles. The minimum atomic E-state index is -5.09.